The molecule has 0 aliphatic carbocycles. The topological polar surface area (TPSA) is 91.0 Å². The minimum Gasteiger partial charge on any atom is -0.382 e. The molecule has 1 rings (SSSR count). The molecule has 0 aromatic rings. The first-order chi connectivity index (χ1) is 13.0. The van der Waals surface area contributed by atoms with Crippen molar-refractivity contribution in [3.8, 4) is 0 Å². The van der Waals surface area contributed by atoms with Crippen LogP contribution in [0.15, 0.2) is 0 Å². The Hall–Kier alpha value is -1.67. The van der Waals surface area contributed by atoms with Crippen LogP contribution >= 0.6 is 0 Å². The molecule has 3 amide bonds. The highest BCUT2D eigenvalue weighted by atomic mass is 16.5. The van der Waals surface area contributed by atoms with Gasteiger partial charge in [0, 0.05) is 39.3 Å². The van der Waals surface area contributed by atoms with Gasteiger partial charge in [-0.25, -0.2) is 0 Å². The maximum Gasteiger partial charge on any atom is 0.239 e. The van der Waals surface area contributed by atoms with Gasteiger partial charge in [-0.2, -0.15) is 0 Å². The second-order valence-corrected chi connectivity index (χ2v) is 6.99. The molecule has 1 saturated heterocycles. The second kappa shape index (κ2) is 13.5. The van der Waals surface area contributed by atoms with Crippen LogP contribution in [0.3, 0.4) is 0 Å². The fraction of sp³-hybridized carbons (Fsp3) is 0.842. The average molecular weight is 385 g/mol. The van der Waals surface area contributed by atoms with Crippen molar-refractivity contribution in [1.29, 1.82) is 0 Å². The third-order valence-electron chi connectivity index (χ3n) is 4.66. The number of carbonyl (C=O) groups is 3. The first-order valence-electron chi connectivity index (χ1n) is 10.1. The Morgan fingerprint density at radius 1 is 1.11 bits per heavy atom. The SMILES string of the molecule is CCCNC(=O)CN(C)C(=O)CN1CCC(C(=O)NCCCOCC)CC1. The number of ether oxygens (including phenoxy) is 1. The summed E-state index contributed by atoms with van der Waals surface area (Å²) in [5, 5.41) is 5.74. The normalized spacial score (nSPS) is 15.4. The maximum atomic E-state index is 12.3. The second-order valence-electron chi connectivity index (χ2n) is 6.99. The molecule has 27 heavy (non-hydrogen) atoms. The van der Waals surface area contributed by atoms with Crippen LogP contribution in [-0.2, 0) is 19.1 Å². The number of nitrogens with zero attached hydrogens (tertiary/aromatic N) is 2. The summed E-state index contributed by atoms with van der Waals surface area (Å²) in [5.41, 5.74) is 0. The van der Waals surface area contributed by atoms with E-state index in [0.717, 1.165) is 38.8 Å². The van der Waals surface area contributed by atoms with E-state index in [1.807, 2.05) is 13.8 Å². The van der Waals surface area contributed by atoms with Gasteiger partial charge in [0.05, 0.1) is 13.1 Å². The van der Waals surface area contributed by atoms with E-state index >= 15 is 0 Å². The van der Waals surface area contributed by atoms with Crippen LogP contribution in [0, 0.1) is 5.92 Å². The molecule has 0 spiro atoms. The summed E-state index contributed by atoms with van der Waals surface area (Å²) in [6.45, 7) is 8.39. The van der Waals surface area contributed by atoms with Gasteiger partial charge in [0.25, 0.3) is 0 Å². The number of likely N-dealkylation sites (N-methyl/N-ethyl adjacent to an activating group) is 1. The molecule has 2 N–H and O–H groups in total. The zero-order valence-corrected chi connectivity index (χ0v) is 17.1. The van der Waals surface area contributed by atoms with Gasteiger partial charge in [0.1, 0.15) is 0 Å². The fourth-order valence-corrected chi connectivity index (χ4v) is 2.96. The monoisotopic (exact) mass is 384 g/mol. The number of likely N-dealkylation sites (tertiary alicyclic amines) is 1. The standard InChI is InChI=1S/C19H36N4O4/c1-4-9-20-17(24)14-22(3)18(25)15-23-11-7-16(8-12-23)19(26)21-10-6-13-27-5-2/h16H,4-15H2,1-3H3,(H,20,24)(H,21,26). The van der Waals surface area contributed by atoms with Crippen molar-refractivity contribution in [2.45, 2.75) is 39.5 Å². The lowest BCUT2D eigenvalue weighted by Crippen LogP contribution is -2.46. The van der Waals surface area contributed by atoms with Crippen molar-refractivity contribution in [2.75, 3.05) is 59.5 Å². The van der Waals surface area contributed by atoms with Crippen molar-refractivity contribution in [1.82, 2.24) is 20.4 Å². The minimum absolute atomic E-state index is 0.0148. The van der Waals surface area contributed by atoms with Gasteiger partial charge in [-0.1, -0.05) is 6.92 Å². The van der Waals surface area contributed by atoms with Gasteiger partial charge in [-0.3, -0.25) is 19.3 Å². The van der Waals surface area contributed by atoms with Crippen molar-refractivity contribution in [3.63, 3.8) is 0 Å². The van der Waals surface area contributed by atoms with E-state index in [-0.39, 0.29) is 30.2 Å². The predicted octanol–water partition coefficient (Wildman–Crippen LogP) is 0.226. The number of rotatable bonds is 12. The third-order valence-corrected chi connectivity index (χ3v) is 4.66. The molecule has 0 atom stereocenters. The van der Waals surface area contributed by atoms with E-state index in [0.29, 0.717) is 32.8 Å². The zero-order chi connectivity index (χ0) is 20.1. The Kier molecular flexibility index (Phi) is 11.7. The molecule has 0 radical (unpaired) electrons. The van der Waals surface area contributed by atoms with E-state index < -0.39 is 0 Å². The highest BCUT2D eigenvalue weighted by Crippen LogP contribution is 2.17. The van der Waals surface area contributed by atoms with Gasteiger partial charge in [0.15, 0.2) is 0 Å². The van der Waals surface area contributed by atoms with Gasteiger partial charge in [-0.05, 0) is 45.7 Å². The Labute approximate surface area is 163 Å². The summed E-state index contributed by atoms with van der Waals surface area (Å²) >= 11 is 0. The molecular weight excluding hydrogens is 348 g/mol. The molecule has 156 valence electrons. The number of piperidine rings is 1. The molecule has 1 fully saturated rings. The summed E-state index contributed by atoms with van der Waals surface area (Å²) in [7, 11) is 1.65. The van der Waals surface area contributed by atoms with Gasteiger partial charge >= 0.3 is 0 Å². The van der Waals surface area contributed by atoms with Crippen LogP contribution in [0.2, 0.25) is 0 Å². The first kappa shape index (κ1) is 23.4. The number of amides is 3. The van der Waals surface area contributed by atoms with Crippen LogP contribution in [0.25, 0.3) is 0 Å². The molecule has 8 nitrogen and oxygen atoms in total. The van der Waals surface area contributed by atoms with Gasteiger partial charge < -0.3 is 20.3 Å². The summed E-state index contributed by atoms with van der Waals surface area (Å²) in [4.78, 5) is 39.7. The van der Waals surface area contributed by atoms with E-state index in [1.54, 1.807) is 7.05 Å². The van der Waals surface area contributed by atoms with Crippen molar-refractivity contribution < 1.29 is 19.1 Å². The van der Waals surface area contributed by atoms with Crippen molar-refractivity contribution >= 4 is 17.7 Å². The average Bonchev–Trinajstić information content (AvgIpc) is 2.66. The lowest BCUT2D eigenvalue weighted by molar-refractivity contribution is -0.136. The predicted molar refractivity (Wildman–Crippen MR) is 104 cm³/mol. The Morgan fingerprint density at radius 3 is 2.44 bits per heavy atom. The summed E-state index contributed by atoms with van der Waals surface area (Å²) in [5.74, 6) is -0.0870. The Morgan fingerprint density at radius 2 is 1.81 bits per heavy atom. The number of hydrogen-bond acceptors (Lipinski definition) is 5. The molecular formula is C19H36N4O4. The summed E-state index contributed by atoms with van der Waals surface area (Å²) < 4.78 is 5.26. The van der Waals surface area contributed by atoms with Gasteiger partial charge in [0.2, 0.25) is 17.7 Å². The largest absolute Gasteiger partial charge is 0.382 e. The fourth-order valence-electron chi connectivity index (χ4n) is 2.96. The van der Waals surface area contributed by atoms with E-state index in [2.05, 4.69) is 15.5 Å². The number of hydrogen-bond donors (Lipinski definition) is 2. The molecule has 0 bridgehead atoms. The maximum absolute atomic E-state index is 12.3. The van der Waals surface area contributed by atoms with E-state index in [9.17, 15) is 14.4 Å². The summed E-state index contributed by atoms with van der Waals surface area (Å²) in [6, 6.07) is 0. The molecule has 1 heterocycles. The van der Waals surface area contributed by atoms with Crippen molar-refractivity contribution in [2.24, 2.45) is 5.92 Å². The molecule has 0 aromatic carbocycles. The lowest BCUT2D eigenvalue weighted by atomic mass is 9.96. The molecule has 8 heteroatoms. The molecule has 0 saturated carbocycles. The lowest BCUT2D eigenvalue weighted by Gasteiger charge is -2.31. The van der Waals surface area contributed by atoms with Crippen LogP contribution in [0.4, 0.5) is 0 Å². The quantitative estimate of drug-likeness (QED) is 0.470. The Bertz CT molecular complexity index is 465. The first-order valence-corrected chi connectivity index (χ1v) is 10.1. The summed E-state index contributed by atoms with van der Waals surface area (Å²) in [6.07, 6.45) is 3.21. The highest BCUT2D eigenvalue weighted by Gasteiger charge is 2.26. The van der Waals surface area contributed by atoms with Crippen LogP contribution in [0.5, 0.6) is 0 Å². The van der Waals surface area contributed by atoms with Crippen LogP contribution in [-0.4, -0.2) is 87.1 Å². The molecule has 0 aromatic heterocycles. The van der Waals surface area contributed by atoms with Crippen LogP contribution in [0.1, 0.15) is 39.5 Å². The molecule has 0 unspecified atom stereocenters. The minimum atomic E-state index is -0.132. The van der Waals surface area contributed by atoms with Gasteiger partial charge in [-0.15, -0.1) is 0 Å². The smallest absolute Gasteiger partial charge is 0.239 e. The Balaban J connectivity index is 2.22. The highest BCUT2D eigenvalue weighted by molar-refractivity contribution is 5.85. The third kappa shape index (κ3) is 9.72. The van der Waals surface area contributed by atoms with E-state index in [1.165, 1.54) is 4.90 Å². The number of carbonyl (C=O) groups excluding carboxylic acids is 3. The van der Waals surface area contributed by atoms with E-state index in [4.69, 9.17) is 4.74 Å². The number of nitrogens with one attached hydrogen (secondary N) is 2. The van der Waals surface area contributed by atoms with Crippen LogP contribution < -0.4 is 10.6 Å². The molecule has 1 aliphatic rings. The van der Waals surface area contributed by atoms with Crippen molar-refractivity contribution in [3.05, 3.63) is 0 Å². The molecule has 1 aliphatic heterocycles. The zero-order valence-electron chi connectivity index (χ0n) is 17.1.